The van der Waals surface area contributed by atoms with Gasteiger partial charge in [-0.2, -0.15) is 13.2 Å². The number of alkyl halides is 3. The number of hydrogen-bond acceptors (Lipinski definition) is 2. The molecule has 1 aromatic carbocycles. The van der Waals surface area contributed by atoms with Crippen LogP contribution in [0.1, 0.15) is 23.2 Å². The monoisotopic (exact) mass is 246 g/mol. The molecule has 0 heterocycles. The van der Waals surface area contributed by atoms with Crippen LogP contribution in [0.2, 0.25) is 0 Å². The molecule has 0 fully saturated rings. The Morgan fingerprint density at radius 3 is 2.41 bits per heavy atom. The molecule has 1 rings (SSSR count). The highest BCUT2D eigenvalue weighted by atomic mass is 19.4. The molecule has 0 aliphatic heterocycles. The van der Waals surface area contributed by atoms with E-state index in [9.17, 15) is 18.0 Å². The normalized spacial score (nSPS) is 11.5. The molecule has 5 heteroatoms. The Balaban J connectivity index is 2.18. The molecule has 0 aromatic heterocycles. The summed E-state index contributed by atoms with van der Waals surface area (Å²) in [5.74, 6) is -0.224. The van der Waals surface area contributed by atoms with Gasteiger partial charge in [-0.25, -0.2) is 0 Å². The van der Waals surface area contributed by atoms with E-state index in [1.165, 1.54) is 0 Å². The van der Waals surface area contributed by atoms with E-state index >= 15 is 0 Å². The predicted octanol–water partition coefficient (Wildman–Crippen LogP) is 3.23. The number of hydrogen-bond donors (Lipinski definition) is 0. The van der Waals surface area contributed by atoms with Gasteiger partial charge >= 0.3 is 6.18 Å². The van der Waals surface area contributed by atoms with E-state index in [4.69, 9.17) is 4.74 Å². The van der Waals surface area contributed by atoms with Crippen molar-refractivity contribution in [3.8, 4) is 0 Å². The van der Waals surface area contributed by atoms with E-state index in [-0.39, 0.29) is 25.4 Å². The van der Waals surface area contributed by atoms with Gasteiger partial charge in [-0.3, -0.25) is 4.79 Å². The molecule has 1 aromatic rings. The fraction of sp³-hybridized carbons (Fsp3) is 0.417. The van der Waals surface area contributed by atoms with Crippen LogP contribution in [0, 0.1) is 0 Å². The quantitative estimate of drug-likeness (QED) is 0.569. The van der Waals surface area contributed by atoms with Crippen molar-refractivity contribution in [3.63, 3.8) is 0 Å². The third kappa shape index (κ3) is 6.06. The number of ketones is 1. The van der Waals surface area contributed by atoms with Gasteiger partial charge in [0.05, 0.1) is 0 Å². The lowest BCUT2D eigenvalue weighted by Crippen LogP contribution is -2.12. The van der Waals surface area contributed by atoms with Crippen molar-refractivity contribution in [2.75, 3.05) is 13.2 Å². The van der Waals surface area contributed by atoms with Crippen LogP contribution in [-0.4, -0.2) is 25.2 Å². The van der Waals surface area contributed by atoms with Gasteiger partial charge in [0.15, 0.2) is 5.78 Å². The average molecular weight is 246 g/mol. The molecule has 0 aliphatic carbocycles. The van der Waals surface area contributed by atoms with Gasteiger partial charge in [0.25, 0.3) is 0 Å². The zero-order chi connectivity index (χ0) is 12.7. The molecular weight excluding hydrogens is 233 g/mol. The molecule has 0 saturated heterocycles. The Morgan fingerprint density at radius 2 is 1.82 bits per heavy atom. The first-order valence-corrected chi connectivity index (χ1v) is 5.22. The second kappa shape index (κ2) is 6.39. The van der Waals surface area contributed by atoms with Crippen molar-refractivity contribution in [2.45, 2.75) is 19.0 Å². The maximum absolute atomic E-state index is 11.8. The molecule has 0 bridgehead atoms. The Labute approximate surface area is 97.4 Å². The topological polar surface area (TPSA) is 26.3 Å². The van der Waals surface area contributed by atoms with Crippen LogP contribution in [0.3, 0.4) is 0 Å². The number of benzene rings is 1. The Kier molecular flexibility index (Phi) is 5.15. The summed E-state index contributed by atoms with van der Waals surface area (Å²) >= 11 is 0. The number of Topliss-reactive ketones (excluding diaryl/α,β-unsaturated/α-hetero) is 1. The van der Waals surface area contributed by atoms with E-state index in [2.05, 4.69) is 0 Å². The third-order valence-electron chi connectivity index (χ3n) is 2.08. The molecule has 0 unspecified atom stereocenters. The van der Waals surface area contributed by atoms with Crippen molar-refractivity contribution in [2.24, 2.45) is 0 Å². The van der Waals surface area contributed by atoms with Crippen LogP contribution in [0.4, 0.5) is 13.2 Å². The zero-order valence-corrected chi connectivity index (χ0v) is 9.17. The number of halogens is 3. The molecule has 0 amide bonds. The lowest BCUT2D eigenvalue weighted by molar-refractivity contribution is -0.137. The van der Waals surface area contributed by atoms with Crippen LogP contribution in [0.15, 0.2) is 30.3 Å². The van der Waals surface area contributed by atoms with Crippen LogP contribution in [-0.2, 0) is 4.74 Å². The first-order chi connectivity index (χ1) is 7.99. The van der Waals surface area contributed by atoms with E-state index in [1.54, 1.807) is 30.3 Å². The second-order valence-electron chi connectivity index (χ2n) is 3.56. The van der Waals surface area contributed by atoms with Crippen LogP contribution >= 0.6 is 0 Å². The molecule has 0 spiro atoms. The largest absolute Gasteiger partial charge is 0.389 e. The summed E-state index contributed by atoms with van der Waals surface area (Å²) in [7, 11) is 0. The Bertz CT molecular complexity index is 347. The van der Waals surface area contributed by atoms with Crippen molar-refractivity contribution in [1.82, 2.24) is 0 Å². The van der Waals surface area contributed by atoms with Gasteiger partial charge in [0.1, 0.15) is 6.61 Å². The summed E-state index contributed by atoms with van der Waals surface area (Å²) in [4.78, 5) is 11.5. The number of ether oxygens (including phenoxy) is 1. The Morgan fingerprint density at radius 1 is 1.18 bits per heavy atom. The average Bonchev–Trinajstić information content (AvgIpc) is 2.28. The van der Waals surface area contributed by atoms with Crippen molar-refractivity contribution < 1.29 is 22.7 Å². The highest BCUT2D eigenvalue weighted by molar-refractivity contribution is 5.96. The molecule has 2 nitrogen and oxygen atoms in total. The lowest BCUT2D eigenvalue weighted by atomic mass is 10.1. The number of carbonyl (C=O) groups excluding carboxylic acids is 1. The lowest BCUT2D eigenvalue weighted by Gasteiger charge is -2.06. The molecule has 0 N–H and O–H groups in total. The highest BCUT2D eigenvalue weighted by Gasteiger charge is 2.25. The summed E-state index contributed by atoms with van der Waals surface area (Å²) in [5.41, 5.74) is 0.503. The zero-order valence-electron chi connectivity index (χ0n) is 9.17. The third-order valence-corrected chi connectivity index (χ3v) is 2.08. The fourth-order valence-electron chi connectivity index (χ4n) is 1.25. The SMILES string of the molecule is O=C(COCCCC(F)(F)F)c1ccccc1. The molecule has 0 radical (unpaired) electrons. The minimum absolute atomic E-state index is 0.0575. The van der Waals surface area contributed by atoms with E-state index in [1.807, 2.05) is 0 Å². The van der Waals surface area contributed by atoms with Gasteiger partial charge in [-0.1, -0.05) is 30.3 Å². The molecule has 0 saturated carbocycles. The summed E-state index contributed by atoms with van der Waals surface area (Å²) in [5, 5.41) is 0. The Hall–Kier alpha value is -1.36. The molecular formula is C12H13F3O2. The van der Waals surface area contributed by atoms with E-state index in [0.29, 0.717) is 5.56 Å². The summed E-state index contributed by atoms with van der Waals surface area (Å²) < 4.78 is 40.2. The minimum atomic E-state index is -4.16. The summed E-state index contributed by atoms with van der Waals surface area (Å²) in [6, 6.07) is 8.50. The number of carbonyl (C=O) groups is 1. The standard InChI is InChI=1S/C12H13F3O2/c13-12(14,15)7-4-8-17-9-11(16)10-5-2-1-3-6-10/h1-3,5-6H,4,7-9H2. The second-order valence-corrected chi connectivity index (χ2v) is 3.56. The maximum Gasteiger partial charge on any atom is 0.389 e. The van der Waals surface area contributed by atoms with Crippen LogP contribution in [0.25, 0.3) is 0 Å². The first kappa shape index (κ1) is 13.7. The van der Waals surface area contributed by atoms with Crippen LogP contribution < -0.4 is 0 Å². The smallest absolute Gasteiger partial charge is 0.373 e. The maximum atomic E-state index is 11.8. The minimum Gasteiger partial charge on any atom is -0.373 e. The summed E-state index contributed by atoms with van der Waals surface area (Å²) in [6.07, 6.45) is -5.16. The molecule has 0 aliphatic rings. The van der Waals surface area contributed by atoms with Gasteiger partial charge in [0, 0.05) is 18.6 Å². The van der Waals surface area contributed by atoms with Crippen molar-refractivity contribution >= 4 is 5.78 Å². The van der Waals surface area contributed by atoms with Gasteiger partial charge in [0.2, 0.25) is 0 Å². The van der Waals surface area contributed by atoms with Crippen molar-refractivity contribution in [1.29, 1.82) is 0 Å². The van der Waals surface area contributed by atoms with Gasteiger partial charge < -0.3 is 4.74 Å². The molecule has 0 atom stereocenters. The highest BCUT2D eigenvalue weighted by Crippen LogP contribution is 2.20. The van der Waals surface area contributed by atoms with Crippen LogP contribution in [0.5, 0.6) is 0 Å². The predicted molar refractivity (Wildman–Crippen MR) is 56.9 cm³/mol. The van der Waals surface area contributed by atoms with Gasteiger partial charge in [-0.05, 0) is 6.42 Å². The van der Waals surface area contributed by atoms with Crippen molar-refractivity contribution in [3.05, 3.63) is 35.9 Å². The molecule has 94 valence electrons. The molecule has 17 heavy (non-hydrogen) atoms. The summed E-state index contributed by atoms with van der Waals surface area (Å²) in [6.45, 7) is -0.236. The van der Waals surface area contributed by atoms with E-state index < -0.39 is 12.6 Å². The van der Waals surface area contributed by atoms with E-state index in [0.717, 1.165) is 0 Å². The fourth-order valence-corrected chi connectivity index (χ4v) is 1.25. The van der Waals surface area contributed by atoms with Gasteiger partial charge in [-0.15, -0.1) is 0 Å². The first-order valence-electron chi connectivity index (χ1n) is 5.22. The number of rotatable bonds is 6.